The van der Waals surface area contributed by atoms with E-state index in [0.29, 0.717) is 151 Å². The highest BCUT2D eigenvalue weighted by Gasteiger charge is 2.52. The van der Waals surface area contributed by atoms with E-state index in [1.54, 1.807) is 103 Å². The molecule has 8 aliphatic heterocycles. The first-order chi connectivity index (χ1) is 63.6. The second-order valence-corrected chi connectivity index (χ2v) is 39.9. The van der Waals surface area contributed by atoms with Crippen LogP contribution >= 0.6 is 23.2 Å². The minimum atomic E-state index is -4.54. The molecule has 4 spiro atoms. The molecule has 4 saturated heterocycles. The molecule has 2 N–H and O–H groups in total. The van der Waals surface area contributed by atoms with E-state index >= 15 is 0 Å². The van der Waals surface area contributed by atoms with E-state index in [4.69, 9.17) is 61.5 Å². The van der Waals surface area contributed by atoms with Crippen LogP contribution in [0.4, 0.5) is 13.2 Å². The number of rotatable bonds is 14. The maximum atomic E-state index is 13.8. The number of benzene rings is 8. The van der Waals surface area contributed by atoms with Crippen molar-refractivity contribution in [3.63, 3.8) is 0 Å². The third-order valence-corrected chi connectivity index (χ3v) is 29.7. The number of piperidine rings is 4. The summed E-state index contributed by atoms with van der Waals surface area (Å²) in [6, 6.07) is 63.9. The topological polar surface area (TPSA) is 274 Å². The SMILES string of the molecule is COCCOc1ccc(C(=O)N2CCC3(CC2)Oc2ccccc2-n2cccc23)cc1OC.Cc1cc(C(=O)N2CCC3(CC2)Oc2cc(Cl)ccc2-n2cccc23)ccc1C(C)(C)O.Cc1ccc(C(=O)N2CCC3(CC2)Oc2ccccc2-n2c3ccc2S(C)(=O)=O)cc1Cl.O=C(c1ccc(S(=O)(=O)CCO)cc1)N1CCC2(CC1)Oc1ccccc1-n1c(C(F)(F)F)ccc12.[HH]. The number of aliphatic hydroxyl groups excluding tert-OH is 1. The van der Waals surface area contributed by atoms with Gasteiger partial charge in [-0.3, -0.25) is 23.7 Å². The van der Waals surface area contributed by atoms with Gasteiger partial charge in [0.05, 0.1) is 82.1 Å². The molecule has 4 fully saturated rings. The smallest absolute Gasteiger partial charge is 0.431 e. The highest BCUT2D eigenvalue weighted by molar-refractivity contribution is 7.91. The van der Waals surface area contributed by atoms with Crippen molar-refractivity contribution in [2.75, 3.05) is 98.4 Å². The number of methoxy groups -OCH3 is 2. The standard InChI is InChI=1S/C26H27ClN2O3.C26H28N2O5.C25H23F3N2O5S.C24H23ClN2O4S.H2/c1-17-15-18(6-8-20(17)25(2,3)31)24(30)28-13-10-26(11-14-28)23-5-4-12-29(23)21-9-7-19(27)16-22(21)32-26;1-30-16-17-32-22-10-9-19(18-23(22)31-2)25(29)27-14-11-26(12-15-27)24-8-5-13-28(24)20-6-3-4-7-21(20)33-26;26-25(27,28)22-10-9-21-24(35-20-4-2-1-3-19(20)30(21)22)11-13-29(14-12-24)23(32)17-5-7-18(8-6-17)36(33,34)16-15-31;1-16-7-8-17(15-18(16)25)23(28)26-13-11-24(12-14-26)21-9-10-22(32(2,29)30)27(21)19-5-3-4-6-20(19)31-24;/h4-9,12,15-16,31H,10-11,13-14H2,1-3H3;3-10,13,18H,11-12,14-17H2,1-2H3;1-10,31H,11-16H2;3-10,15H,11-14H2,1-2H3;1H. The third kappa shape index (κ3) is 18.0. The number of sulfone groups is 2. The van der Waals surface area contributed by atoms with Crippen molar-refractivity contribution in [2.24, 2.45) is 0 Å². The zero-order chi connectivity index (χ0) is 93.9. The molecule has 20 rings (SSSR count). The summed E-state index contributed by atoms with van der Waals surface area (Å²) >= 11 is 12.4. The Bertz CT molecular complexity index is 6700. The maximum absolute atomic E-state index is 13.8. The number of halogens is 5. The molecule has 32 heteroatoms. The fourth-order valence-electron chi connectivity index (χ4n) is 19.4. The number of aliphatic hydroxyl groups is 2. The predicted molar refractivity (Wildman–Crippen MR) is 497 cm³/mol. The number of aryl methyl sites for hydroxylation is 2. The van der Waals surface area contributed by atoms with Crippen LogP contribution in [0.1, 0.15) is 153 Å². The molecule has 133 heavy (non-hydrogen) atoms. The molecule has 0 unspecified atom stereocenters. The molecule has 8 aromatic carbocycles. The lowest BCUT2D eigenvalue weighted by atomic mass is 9.86. The Hall–Kier alpha value is -12.3. The Morgan fingerprint density at radius 1 is 0.459 bits per heavy atom. The van der Waals surface area contributed by atoms with Crippen LogP contribution in [-0.2, 0) is 58.6 Å². The summed E-state index contributed by atoms with van der Waals surface area (Å²) in [5, 5.41) is 20.7. The van der Waals surface area contributed by atoms with Crippen molar-refractivity contribution in [3.05, 3.63) is 308 Å². The molecule has 0 saturated carbocycles. The average Bonchev–Trinajstić information content (AvgIpc) is 1.48. The van der Waals surface area contributed by atoms with E-state index in [-0.39, 0.29) is 60.9 Å². The van der Waals surface area contributed by atoms with Gasteiger partial charge < -0.3 is 76.7 Å². The number of aromatic nitrogens is 4. The van der Waals surface area contributed by atoms with Crippen molar-refractivity contribution in [3.8, 4) is 57.2 Å². The Kier molecular flexibility index (Phi) is 25.5. The highest BCUT2D eigenvalue weighted by atomic mass is 35.5. The first kappa shape index (κ1) is 92.6. The molecule has 8 aliphatic rings. The fourth-order valence-corrected chi connectivity index (χ4v) is 21.6. The molecule has 0 radical (unpaired) electrons. The number of nitrogens with zero attached hydrogens (tertiary/aromatic N) is 8. The van der Waals surface area contributed by atoms with Crippen molar-refractivity contribution in [1.29, 1.82) is 0 Å². The van der Waals surface area contributed by atoms with E-state index < -0.39 is 71.9 Å². The van der Waals surface area contributed by atoms with E-state index in [1.165, 1.54) is 41.2 Å². The van der Waals surface area contributed by atoms with Crippen molar-refractivity contribution in [2.45, 2.75) is 123 Å². The third-order valence-electron chi connectivity index (χ3n) is 26.3. The molecule has 0 atom stereocenters. The Morgan fingerprint density at radius 2 is 0.895 bits per heavy atom. The van der Waals surface area contributed by atoms with Crippen LogP contribution in [-0.4, -0.2) is 187 Å². The van der Waals surface area contributed by atoms with Crippen LogP contribution in [0.25, 0.3) is 22.7 Å². The van der Waals surface area contributed by atoms with Gasteiger partial charge in [0.25, 0.3) is 23.6 Å². The van der Waals surface area contributed by atoms with Gasteiger partial charge in [0, 0.05) is 169 Å². The Balaban J connectivity index is 0.000000130. The zero-order valence-electron chi connectivity index (χ0n) is 74.4. The van der Waals surface area contributed by atoms with Crippen LogP contribution in [0.3, 0.4) is 0 Å². The number of alkyl halides is 3. The molecule has 0 aliphatic carbocycles. The van der Waals surface area contributed by atoms with Gasteiger partial charge in [0.2, 0.25) is 0 Å². The minimum Gasteiger partial charge on any atom is -0.493 e. The molecule has 0 bridgehead atoms. The van der Waals surface area contributed by atoms with Crippen LogP contribution in [0, 0.1) is 13.8 Å². The van der Waals surface area contributed by atoms with Gasteiger partial charge in [-0.15, -0.1) is 0 Å². The summed E-state index contributed by atoms with van der Waals surface area (Å²) < 4.78 is 140. The second kappa shape index (κ2) is 36.6. The van der Waals surface area contributed by atoms with Gasteiger partial charge in [-0.2, -0.15) is 13.2 Å². The molecule has 4 aromatic heterocycles. The predicted octanol–water partition coefficient (Wildman–Crippen LogP) is 17.6. The van der Waals surface area contributed by atoms with Crippen molar-refractivity contribution in [1.82, 2.24) is 37.9 Å². The number of hydrogen-bond acceptors (Lipinski definition) is 17. The summed E-state index contributed by atoms with van der Waals surface area (Å²) in [4.78, 5) is 59.8. The molecule has 25 nitrogen and oxygen atoms in total. The summed E-state index contributed by atoms with van der Waals surface area (Å²) in [6.45, 7) is 11.7. The van der Waals surface area contributed by atoms with Gasteiger partial charge >= 0.3 is 6.18 Å². The summed E-state index contributed by atoms with van der Waals surface area (Å²) in [5.74, 6) is 3.01. The van der Waals surface area contributed by atoms with Crippen LogP contribution < -0.4 is 28.4 Å². The molecule has 4 amide bonds. The summed E-state index contributed by atoms with van der Waals surface area (Å²) in [7, 11) is -3.87. The number of para-hydroxylation sites is 6. The Morgan fingerprint density at radius 3 is 1.38 bits per heavy atom. The van der Waals surface area contributed by atoms with Crippen LogP contribution in [0.2, 0.25) is 10.0 Å². The number of carbonyl (C=O) groups excluding carboxylic acids is 4. The lowest BCUT2D eigenvalue weighted by Crippen LogP contribution is -2.50. The van der Waals surface area contributed by atoms with Crippen LogP contribution in [0.5, 0.6) is 34.5 Å². The Labute approximate surface area is 780 Å². The first-order valence-corrected chi connectivity index (χ1v) is 48.3. The number of fused-ring (bicyclic) bond motifs is 16. The van der Waals surface area contributed by atoms with Gasteiger partial charge in [0.1, 0.15) is 40.3 Å². The van der Waals surface area contributed by atoms with Crippen molar-refractivity contribution < 1.29 is 94.0 Å². The summed E-state index contributed by atoms with van der Waals surface area (Å²) in [5.41, 5.74) is 7.00. The maximum Gasteiger partial charge on any atom is 0.431 e. The number of carbonyl (C=O) groups is 4. The van der Waals surface area contributed by atoms with Crippen molar-refractivity contribution >= 4 is 66.5 Å². The molecular weight excluding hydrogens is 1790 g/mol. The van der Waals surface area contributed by atoms with E-state index in [1.807, 2.05) is 121 Å². The molecule has 12 aromatic rings. The number of ether oxygens (including phenoxy) is 7. The first-order valence-electron chi connectivity index (χ1n) is 44.0. The molecule has 12 heterocycles. The number of likely N-dealkylation sites (tertiary alicyclic amines) is 4. The second-order valence-electron chi connectivity index (χ2n) is 35.0. The number of hydrogen-bond donors (Lipinski definition) is 2. The van der Waals surface area contributed by atoms with Gasteiger partial charge in [-0.1, -0.05) is 71.7 Å². The highest BCUT2D eigenvalue weighted by Crippen LogP contribution is 2.53. The largest absolute Gasteiger partial charge is 0.493 e. The average molecular weight is 1890 g/mol. The lowest BCUT2D eigenvalue weighted by Gasteiger charge is -2.45. The van der Waals surface area contributed by atoms with E-state index in [0.717, 1.165) is 75.6 Å². The van der Waals surface area contributed by atoms with Gasteiger partial charge in [-0.05, 0) is 208 Å². The van der Waals surface area contributed by atoms with E-state index in [9.17, 15) is 54.3 Å². The number of amides is 4. The molecular formula is C101H103Cl2F3N8O17S2. The quantitative estimate of drug-likeness (QED) is 0.0957. The van der Waals surface area contributed by atoms with Crippen LogP contribution in [0.15, 0.2) is 241 Å². The van der Waals surface area contributed by atoms with E-state index in [2.05, 4.69) is 45.8 Å². The fraction of sp³-hybridized carbons (Fsp3) is 0.327. The monoisotopic (exact) mass is 1890 g/mol. The molecule has 696 valence electrons. The zero-order valence-corrected chi connectivity index (χ0v) is 77.5. The summed E-state index contributed by atoms with van der Waals surface area (Å²) in [6.07, 6.45) is 5.36. The lowest BCUT2D eigenvalue weighted by molar-refractivity contribution is -0.143. The normalized spacial score (nSPS) is 16.7. The van der Waals surface area contributed by atoms with Gasteiger partial charge in [-0.25, -0.2) is 16.8 Å². The minimum absolute atomic E-state index is 0. The van der Waals surface area contributed by atoms with Gasteiger partial charge in [0.15, 0.2) is 53.6 Å².